The van der Waals surface area contributed by atoms with Gasteiger partial charge in [-0.15, -0.1) is 0 Å². The molecular formula is C18H28N2O6S2. The van der Waals surface area contributed by atoms with Crippen LogP contribution < -0.4 is 0 Å². The standard InChI is InChI=1S/C18H28N2O6S2/c21-19(15-8-3-1-4-9-15)27(23,24)17-12-7-13-18(14-17)28(25,26)20(22)16-10-5-2-6-11-16/h7,12-16,21-22H,1-6,8-11H2. The summed E-state index contributed by atoms with van der Waals surface area (Å²) in [5, 5.41) is 20.6. The van der Waals surface area contributed by atoms with E-state index in [1.807, 2.05) is 0 Å². The predicted molar refractivity (Wildman–Crippen MR) is 102 cm³/mol. The van der Waals surface area contributed by atoms with Crippen LogP contribution in [0.4, 0.5) is 0 Å². The number of nitrogens with zero attached hydrogens (tertiary/aromatic N) is 2. The van der Waals surface area contributed by atoms with Gasteiger partial charge >= 0.3 is 0 Å². The molecule has 2 fully saturated rings. The lowest BCUT2D eigenvalue weighted by molar-refractivity contribution is -0.0471. The highest BCUT2D eigenvalue weighted by molar-refractivity contribution is 7.89. The Morgan fingerprint density at radius 2 is 1.04 bits per heavy atom. The Balaban J connectivity index is 1.86. The van der Waals surface area contributed by atoms with E-state index in [4.69, 9.17) is 0 Å². The first kappa shape index (κ1) is 21.7. The first-order valence-corrected chi connectivity index (χ1v) is 12.7. The fraction of sp³-hybridized carbons (Fsp3) is 0.667. The summed E-state index contributed by atoms with van der Waals surface area (Å²) in [6.07, 6.45) is 7.65. The second-order valence-electron chi connectivity index (χ2n) is 7.61. The quantitative estimate of drug-likeness (QED) is 0.668. The summed E-state index contributed by atoms with van der Waals surface area (Å²) >= 11 is 0. The molecule has 3 rings (SSSR count). The Morgan fingerprint density at radius 1 is 0.679 bits per heavy atom. The molecule has 0 atom stereocenters. The summed E-state index contributed by atoms with van der Waals surface area (Å²) in [5.74, 6) is 0. The molecule has 0 unspecified atom stereocenters. The Labute approximate surface area is 166 Å². The monoisotopic (exact) mass is 432 g/mol. The van der Waals surface area contributed by atoms with Crippen molar-refractivity contribution in [2.45, 2.75) is 86.1 Å². The minimum Gasteiger partial charge on any atom is -0.299 e. The van der Waals surface area contributed by atoms with Gasteiger partial charge in [0.1, 0.15) is 0 Å². The molecule has 0 aliphatic heterocycles. The highest BCUT2D eigenvalue weighted by Gasteiger charge is 2.34. The Kier molecular flexibility index (Phi) is 6.78. The second kappa shape index (κ2) is 8.76. The molecule has 10 heteroatoms. The topological polar surface area (TPSA) is 115 Å². The number of hydroxylamine groups is 2. The number of benzene rings is 1. The van der Waals surface area contributed by atoms with Crippen LogP contribution in [-0.4, -0.2) is 48.3 Å². The molecule has 28 heavy (non-hydrogen) atoms. The molecule has 1 aromatic carbocycles. The van der Waals surface area contributed by atoms with E-state index in [0.29, 0.717) is 34.6 Å². The number of sulfonamides is 2. The van der Waals surface area contributed by atoms with Crippen LogP contribution in [0.2, 0.25) is 0 Å². The van der Waals surface area contributed by atoms with E-state index in [2.05, 4.69) is 0 Å². The van der Waals surface area contributed by atoms with Crippen molar-refractivity contribution in [1.29, 1.82) is 0 Å². The van der Waals surface area contributed by atoms with Crippen molar-refractivity contribution in [1.82, 2.24) is 8.94 Å². The summed E-state index contributed by atoms with van der Waals surface area (Å²) in [4.78, 5) is -0.614. The lowest BCUT2D eigenvalue weighted by atomic mass is 9.96. The van der Waals surface area contributed by atoms with Crippen molar-refractivity contribution >= 4 is 20.0 Å². The molecule has 8 nitrogen and oxygen atoms in total. The molecule has 0 heterocycles. The van der Waals surface area contributed by atoms with Crippen LogP contribution in [-0.2, 0) is 20.0 Å². The van der Waals surface area contributed by atoms with Gasteiger partial charge < -0.3 is 0 Å². The minimum absolute atomic E-state index is 0.307. The molecule has 0 aromatic heterocycles. The van der Waals surface area contributed by atoms with E-state index >= 15 is 0 Å². The average molecular weight is 433 g/mol. The Morgan fingerprint density at radius 3 is 1.39 bits per heavy atom. The fourth-order valence-corrected chi connectivity index (χ4v) is 6.77. The van der Waals surface area contributed by atoms with Crippen molar-refractivity contribution in [3.05, 3.63) is 24.3 Å². The Bertz CT molecular complexity index is 806. The first-order chi connectivity index (χ1) is 13.2. The highest BCUT2D eigenvalue weighted by Crippen LogP contribution is 2.29. The van der Waals surface area contributed by atoms with Crippen molar-refractivity contribution < 1.29 is 27.3 Å². The summed E-state index contributed by atoms with van der Waals surface area (Å²) in [5.41, 5.74) is 0. The van der Waals surface area contributed by atoms with Gasteiger partial charge in [0.2, 0.25) is 0 Å². The number of rotatable bonds is 6. The van der Waals surface area contributed by atoms with E-state index < -0.39 is 32.1 Å². The van der Waals surface area contributed by atoms with Gasteiger partial charge in [-0.3, -0.25) is 10.4 Å². The van der Waals surface area contributed by atoms with Crippen molar-refractivity contribution in [3.8, 4) is 0 Å². The predicted octanol–water partition coefficient (Wildman–Crippen LogP) is 3.11. The normalized spacial score (nSPS) is 20.7. The molecule has 158 valence electrons. The molecule has 2 saturated carbocycles. The van der Waals surface area contributed by atoms with Crippen LogP contribution in [0.15, 0.2) is 34.1 Å². The zero-order chi connectivity index (χ0) is 20.4. The van der Waals surface area contributed by atoms with Crippen molar-refractivity contribution in [3.63, 3.8) is 0 Å². The van der Waals surface area contributed by atoms with Gasteiger partial charge in [-0.25, -0.2) is 16.8 Å². The van der Waals surface area contributed by atoms with Crippen LogP contribution in [0.25, 0.3) is 0 Å². The van der Waals surface area contributed by atoms with Crippen molar-refractivity contribution in [2.75, 3.05) is 0 Å². The van der Waals surface area contributed by atoms with Gasteiger partial charge in [-0.1, -0.05) is 53.5 Å². The molecular weight excluding hydrogens is 404 g/mol. The molecule has 2 aliphatic carbocycles. The van der Waals surface area contributed by atoms with E-state index in [-0.39, 0.29) is 9.79 Å². The van der Waals surface area contributed by atoms with Crippen LogP contribution in [0.3, 0.4) is 0 Å². The number of hydrogen-bond donors (Lipinski definition) is 2. The zero-order valence-electron chi connectivity index (χ0n) is 15.8. The summed E-state index contributed by atoms with van der Waals surface area (Å²) in [6.45, 7) is 0. The molecule has 0 bridgehead atoms. The van der Waals surface area contributed by atoms with Crippen LogP contribution >= 0.6 is 0 Å². The molecule has 1 aromatic rings. The zero-order valence-corrected chi connectivity index (χ0v) is 17.4. The van der Waals surface area contributed by atoms with E-state index in [1.54, 1.807) is 0 Å². The summed E-state index contributed by atoms with van der Waals surface area (Å²) < 4.78 is 51.9. The third kappa shape index (κ3) is 4.42. The van der Waals surface area contributed by atoms with Gasteiger partial charge in [0.15, 0.2) is 0 Å². The maximum Gasteiger partial charge on any atom is 0.265 e. The first-order valence-electron chi connectivity index (χ1n) is 9.81. The third-order valence-corrected chi connectivity index (χ3v) is 8.95. The maximum absolute atomic E-state index is 12.8. The number of hydrogen-bond acceptors (Lipinski definition) is 6. The van der Waals surface area contributed by atoms with Gasteiger partial charge in [-0.05, 0) is 43.9 Å². The minimum atomic E-state index is -4.25. The van der Waals surface area contributed by atoms with E-state index in [0.717, 1.165) is 44.6 Å². The molecule has 0 saturated heterocycles. The van der Waals surface area contributed by atoms with Crippen LogP contribution in [0, 0.1) is 0 Å². The molecule has 2 N–H and O–H groups in total. The molecule has 2 aliphatic rings. The fourth-order valence-electron chi connectivity index (χ4n) is 4.01. The molecule has 0 amide bonds. The average Bonchev–Trinajstić information content (AvgIpc) is 2.74. The summed E-state index contributed by atoms with van der Waals surface area (Å²) in [6, 6.07) is 3.81. The van der Waals surface area contributed by atoms with E-state index in [1.165, 1.54) is 18.2 Å². The van der Waals surface area contributed by atoms with Gasteiger partial charge in [-0.2, -0.15) is 0 Å². The maximum atomic E-state index is 12.8. The van der Waals surface area contributed by atoms with Gasteiger partial charge in [0.05, 0.1) is 21.9 Å². The van der Waals surface area contributed by atoms with Crippen LogP contribution in [0.5, 0.6) is 0 Å². The summed E-state index contributed by atoms with van der Waals surface area (Å²) in [7, 11) is -8.50. The van der Waals surface area contributed by atoms with Gasteiger partial charge in [0.25, 0.3) is 20.0 Å². The van der Waals surface area contributed by atoms with E-state index in [9.17, 15) is 27.3 Å². The SMILES string of the molecule is O=S(=O)(c1cccc(S(=O)(=O)N(O)C2CCCCC2)c1)N(O)C1CCCCC1. The molecule has 0 radical (unpaired) electrons. The smallest absolute Gasteiger partial charge is 0.265 e. The van der Waals surface area contributed by atoms with Crippen molar-refractivity contribution in [2.24, 2.45) is 0 Å². The second-order valence-corrected chi connectivity index (χ2v) is 11.2. The highest BCUT2D eigenvalue weighted by atomic mass is 32.2. The third-order valence-electron chi connectivity index (χ3n) is 5.67. The largest absolute Gasteiger partial charge is 0.299 e. The molecule has 0 spiro atoms. The van der Waals surface area contributed by atoms with Gasteiger partial charge in [0, 0.05) is 0 Å². The lowest BCUT2D eigenvalue weighted by Crippen LogP contribution is -2.39. The lowest BCUT2D eigenvalue weighted by Gasteiger charge is -2.29. The van der Waals surface area contributed by atoms with Crippen LogP contribution in [0.1, 0.15) is 64.2 Å². The Hall–Kier alpha value is -1.04.